The first-order chi connectivity index (χ1) is 11.1. The maximum atomic E-state index is 12.3. The van der Waals surface area contributed by atoms with Gasteiger partial charge in [-0.1, -0.05) is 6.42 Å². The van der Waals surface area contributed by atoms with Crippen LogP contribution in [0.5, 0.6) is 0 Å². The standard InChI is InChI=1S/C15H22N6O2/c1-19-14-12(9-18-19)15(23)21(11-17-14)10-13(22)16-5-8-20-6-3-2-4-7-20/h9,11H,2-8,10H2,1H3,(H,16,22). The number of nitrogens with zero attached hydrogens (tertiary/aromatic N) is 5. The Hall–Kier alpha value is -2.22. The summed E-state index contributed by atoms with van der Waals surface area (Å²) in [5, 5.41) is 7.31. The summed E-state index contributed by atoms with van der Waals surface area (Å²) in [4.78, 5) is 30.8. The second kappa shape index (κ2) is 6.91. The maximum Gasteiger partial charge on any atom is 0.264 e. The molecule has 0 atom stereocenters. The number of nitrogens with one attached hydrogen (secondary N) is 1. The average Bonchev–Trinajstić information content (AvgIpc) is 2.93. The summed E-state index contributed by atoms with van der Waals surface area (Å²) in [5.41, 5.74) is 0.283. The van der Waals surface area contributed by atoms with Crippen LogP contribution in [0.4, 0.5) is 0 Å². The largest absolute Gasteiger partial charge is 0.353 e. The molecule has 0 aliphatic carbocycles. The van der Waals surface area contributed by atoms with Crippen molar-refractivity contribution in [1.82, 2.24) is 29.5 Å². The van der Waals surface area contributed by atoms with Gasteiger partial charge in [0.2, 0.25) is 5.91 Å². The predicted octanol–water partition coefficient (Wildman–Crippen LogP) is -0.268. The number of rotatable bonds is 5. The van der Waals surface area contributed by atoms with Crippen LogP contribution in [0, 0.1) is 0 Å². The van der Waals surface area contributed by atoms with Gasteiger partial charge in [0.15, 0.2) is 5.65 Å². The van der Waals surface area contributed by atoms with Gasteiger partial charge < -0.3 is 10.2 Å². The van der Waals surface area contributed by atoms with Crippen molar-refractivity contribution >= 4 is 16.9 Å². The van der Waals surface area contributed by atoms with Crippen LogP contribution in [0.25, 0.3) is 11.0 Å². The Kier molecular flexibility index (Phi) is 4.71. The Labute approximate surface area is 134 Å². The summed E-state index contributed by atoms with van der Waals surface area (Å²) in [5.74, 6) is -0.172. The van der Waals surface area contributed by atoms with Crippen LogP contribution in [0.1, 0.15) is 19.3 Å². The number of aromatic nitrogens is 4. The van der Waals surface area contributed by atoms with Crippen molar-refractivity contribution in [3.63, 3.8) is 0 Å². The molecule has 1 N–H and O–H groups in total. The molecular weight excluding hydrogens is 296 g/mol. The van der Waals surface area contributed by atoms with Gasteiger partial charge in [0, 0.05) is 20.1 Å². The quantitative estimate of drug-likeness (QED) is 0.820. The fraction of sp³-hybridized carbons (Fsp3) is 0.600. The van der Waals surface area contributed by atoms with E-state index in [0.717, 1.165) is 19.6 Å². The molecule has 0 bridgehead atoms. The van der Waals surface area contributed by atoms with Crippen LogP contribution >= 0.6 is 0 Å². The Morgan fingerprint density at radius 1 is 1.30 bits per heavy atom. The molecule has 1 fully saturated rings. The number of likely N-dealkylation sites (tertiary alicyclic amines) is 1. The Morgan fingerprint density at radius 3 is 2.87 bits per heavy atom. The monoisotopic (exact) mass is 318 g/mol. The van der Waals surface area contributed by atoms with E-state index >= 15 is 0 Å². The molecule has 0 spiro atoms. The minimum atomic E-state index is -0.241. The molecule has 2 aromatic heterocycles. The molecule has 2 aromatic rings. The lowest BCUT2D eigenvalue weighted by Crippen LogP contribution is -2.39. The van der Waals surface area contributed by atoms with E-state index in [1.807, 2.05) is 0 Å². The molecule has 0 aromatic carbocycles. The van der Waals surface area contributed by atoms with Gasteiger partial charge in [0.25, 0.3) is 5.56 Å². The Bertz CT molecular complexity index is 744. The van der Waals surface area contributed by atoms with Crippen molar-refractivity contribution in [2.24, 2.45) is 7.05 Å². The Balaban J connectivity index is 1.55. The molecule has 1 aliphatic heterocycles. The maximum absolute atomic E-state index is 12.3. The first-order valence-corrected chi connectivity index (χ1v) is 8.01. The minimum absolute atomic E-state index is 0.0172. The van der Waals surface area contributed by atoms with Crippen LogP contribution in [0.2, 0.25) is 0 Å². The second-order valence-electron chi connectivity index (χ2n) is 5.94. The highest BCUT2D eigenvalue weighted by Crippen LogP contribution is 2.07. The van der Waals surface area contributed by atoms with Crippen LogP contribution < -0.4 is 10.9 Å². The smallest absolute Gasteiger partial charge is 0.264 e. The third kappa shape index (κ3) is 3.58. The zero-order valence-corrected chi connectivity index (χ0v) is 13.4. The number of hydrogen-bond donors (Lipinski definition) is 1. The van der Waals surface area contributed by atoms with Crippen LogP contribution in [-0.4, -0.2) is 56.3 Å². The van der Waals surface area contributed by atoms with Gasteiger partial charge >= 0.3 is 0 Å². The van der Waals surface area contributed by atoms with E-state index in [2.05, 4.69) is 20.3 Å². The number of hydrogen-bond acceptors (Lipinski definition) is 5. The lowest BCUT2D eigenvalue weighted by molar-refractivity contribution is -0.121. The summed E-state index contributed by atoms with van der Waals surface area (Å²) in [7, 11) is 1.73. The van der Waals surface area contributed by atoms with Gasteiger partial charge in [0.1, 0.15) is 18.3 Å². The number of piperidine rings is 1. The molecule has 23 heavy (non-hydrogen) atoms. The molecular formula is C15H22N6O2. The number of fused-ring (bicyclic) bond motifs is 1. The molecule has 8 heteroatoms. The van der Waals surface area contributed by atoms with Gasteiger partial charge in [-0.15, -0.1) is 0 Å². The predicted molar refractivity (Wildman–Crippen MR) is 86.1 cm³/mol. The van der Waals surface area contributed by atoms with Crippen molar-refractivity contribution < 1.29 is 4.79 Å². The summed E-state index contributed by atoms with van der Waals surface area (Å²) in [6, 6.07) is 0. The second-order valence-corrected chi connectivity index (χ2v) is 5.94. The average molecular weight is 318 g/mol. The van der Waals surface area contributed by atoms with E-state index in [1.54, 1.807) is 11.7 Å². The highest BCUT2D eigenvalue weighted by molar-refractivity contribution is 5.77. The van der Waals surface area contributed by atoms with Crippen LogP contribution in [0.3, 0.4) is 0 Å². The van der Waals surface area contributed by atoms with Gasteiger partial charge in [-0.25, -0.2) is 4.98 Å². The van der Waals surface area contributed by atoms with E-state index in [9.17, 15) is 9.59 Å². The van der Waals surface area contributed by atoms with Gasteiger partial charge in [0.05, 0.1) is 6.20 Å². The van der Waals surface area contributed by atoms with E-state index < -0.39 is 0 Å². The highest BCUT2D eigenvalue weighted by Gasteiger charge is 2.12. The van der Waals surface area contributed by atoms with Crippen molar-refractivity contribution in [2.75, 3.05) is 26.2 Å². The normalized spacial score (nSPS) is 15.9. The molecule has 3 heterocycles. The summed E-state index contributed by atoms with van der Waals surface area (Å²) in [6.45, 7) is 3.67. The number of carbonyl (C=O) groups excluding carboxylic acids is 1. The topological polar surface area (TPSA) is 85.0 Å². The van der Waals surface area contributed by atoms with Crippen molar-refractivity contribution in [3.05, 3.63) is 22.9 Å². The zero-order valence-electron chi connectivity index (χ0n) is 13.4. The van der Waals surface area contributed by atoms with E-state index in [4.69, 9.17) is 0 Å². The SMILES string of the molecule is Cn1ncc2c(=O)n(CC(=O)NCCN3CCCCC3)cnc21. The van der Waals surface area contributed by atoms with Crippen LogP contribution in [0.15, 0.2) is 17.3 Å². The van der Waals surface area contributed by atoms with Crippen molar-refractivity contribution in [1.29, 1.82) is 0 Å². The number of aryl methyl sites for hydroxylation is 1. The van der Waals surface area contributed by atoms with Gasteiger partial charge in [-0.05, 0) is 25.9 Å². The van der Waals surface area contributed by atoms with E-state index in [-0.39, 0.29) is 18.0 Å². The molecule has 0 saturated carbocycles. The fourth-order valence-corrected chi connectivity index (χ4v) is 2.93. The molecule has 124 valence electrons. The van der Waals surface area contributed by atoms with Crippen molar-refractivity contribution in [3.8, 4) is 0 Å². The first kappa shape index (κ1) is 15.7. The summed E-state index contributed by atoms with van der Waals surface area (Å²) >= 11 is 0. The molecule has 1 aliphatic rings. The van der Waals surface area contributed by atoms with E-state index in [1.165, 1.54) is 36.4 Å². The van der Waals surface area contributed by atoms with Crippen molar-refractivity contribution in [2.45, 2.75) is 25.8 Å². The zero-order chi connectivity index (χ0) is 16.2. The minimum Gasteiger partial charge on any atom is -0.353 e. The fourth-order valence-electron chi connectivity index (χ4n) is 2.93. The lowest BCUT2D eigenvalue weighted by Gasteiger charge is -2.26. The molecule has 0 unspecified atom stereocenters. The third-order valence-electron chi connectivity index (χ3n) is 4.23. The van der Waals surface area contributed by atoms with Crippen LogP contribution in [-0.2, 0) is 18.4 Å². The number of amides is 1. The molecule has 3 rings (SSSR count). The van der Waals surface area contributed by atoms with E-state index in [0.29, 0.717) is 17.6 Å². The van der Waals surface area contributed by atoms with Gasteiger partial charge in [-0.2, -0.15) is 5.10 Å². The lowest BCUT2D eigenvalue weighted by atomic mass is 10.1. The summed E-state index contributed by atoms with van der Waals surface area (Å²) in [6.07, 6.45) is 6.65. The van der Waals surface area contributed by atoms with Gasteiger partial charge in [-0.3, -0.25) is 18.8 Å². The summed E-state index contributed by atoms with van der Waals surface area (Å²) < 4.78 is 2.86. The molecule has 8 nitrogen and oxygen atoms in total. The molecule has 1 saturated heterocycles. The first-order valence-electron chi connectivity index (χ1n) is 8.01. The molecule has 1 amide bonds. The Morgan fingerprint density at radius 2 is 2.09 bits per heavy atom. The third-order valence-corrected chi connectivity index (χ3v) is 4.23. The molecule has 0 radical (unpaired) electrons. The highest BCUT2D eigenvalue weighted by atomic mass is 16.2. The number of carbonyl (C=O) groups is 1.